The average molecular weight is 315 g/mol. The first-order valence-electron chi connectivity index (χ1n) is 8.10. The van der Waals surface area contributed by atoms with Crippen molar-refractivity contribution >= 4 is 11.8 Å². The molecular weight excluding hydrogens is 290 g/mol. The minimum atomic E-state index is 0.157. The van der Waals surface area contributed by atoms with Gasteiger partial charge in [-0.1, -0.05) is 13.3 Å². The van der Waals surface area contributed by atoms with Gasteiger partial charge < -0.3 is 16.2 Å². The summed E-state index contributed by atoms with van der Waals surface area (Å²) in [5.74, 6) is 1.04. The number of nitrogens with zero attached hydrogens (tertiary/aromatic N) is 3. The van der Waals surface area contributed by atoms with Crippen LogP contribution in [0.1, 0.15) is 37.3 Å². The predicted octanol–water partition coefficient (Wildman–Crippen LogP) is 2.20. The monoisotopic (exact) mass is 315 g/mol. The second-order valence-corrected chi connectivity index (χ2v) is 5.60. The number of rotatable bonds is 9. The number of aryl methyl sites for hydroxylation is 2. The van der Waals surface area contributed by atoms with Crippen LogP contribution < -0.4 is 11.1 Å². The second kappa shape index (κ2) is 9.05. The smallest absolute Gasteiger partial charge is 0.221 e. The number of hydrogen-bond donors (Lipinski definition) is 3. The van der Waals surface area contributed by atoms with Gasteiger partial charge in [0.15, 0.2) is 0 Å². The van der Waals surface area contributed by atoms with E-state index in [1.54, 1.807) is 18.6 Å². The summed E-state index contributed by atoms with van der Waals surface area (Å²) >= 11 is 0. The Kier molecular flexibility index (Phi) is 6.75. The van der Waals surface area contributed by atoms with Gasteiger partial charge in [-0.2, -0.15) is 4.98 Å². The number of hydrogen-bond acceptors (Lipinski definition) is 6. The number of aliphatic hydroxyl groups excluding tert-OH is 1. The molecule has 2 rings (SSSR count). The lowest BCUT2D eigenvalue weighted by Crippen LogP contribution is -2.23. The second-order valence-electron chi connectivity index (χ2n) is 5.60. The normalized spacial score (nSPS) is 12.1. The number of aliphatic hydroxyl groups is 1. The standard InChI is InChI=1S/C17H25N5O/c1-2-3-15(8-11-23)21-16-14(12-20-17(18)22-16)5-4-13-6-9-19-10-7-13/h6-7,9-10,12,15,23H,2-5,8,11H2,1H3,(H3,18,20,21,22). The summed E-state index contributed by atoms with van der Waals surface area (Å²) in [5.41, 5.74) is 8.00. The van der Waals surface area contributed by atoms with Crippen molar-refractivity contribution in [3.8, 4) is 0 Å². The van der Waals surface area contributed by atoms with E-state index < -0.39 is 0 Å². The van der Waals surface area contributed by atoms with Crippen molar-refractivity contribution in [2.45, 2.75) is 45.1 Å². The third-order valence-corrected chi connectivity index (χ3v) is 3.77. The summed E-state index contributed by atoms with van der Waals surface area (Å²) in [5, 5.41) is 12.6. The van der Waals surface area contributed by atoms with Crippen molar-refractivity contribution in [3.63, 3.8) is 0 Å². The van der Waals surface area contributed by atoms with Gasteiger partial charge in [-0.15, -0.1) is 0 Å². The molecule has 4 N–H and O–H groups in total. The summed E-state index contributed by atoms with van der Waals surface area (Å²) in [7, 11) is 0. The molecule has 6 nitrogen and oxygen atoms in total. The van der Waals surface area contributed by atoms with Crippen LogP contribution in [0, 0.1) is 0 Å². The van der Waals surface area contributed by atoms with Gasteiger partial charge in [0.25, 0.3) is 0 Å². The van der Waals surface area contributed by atoms with Gasteiger partial charge in [0, 0.05) is 36.8 Å². The molecule has 2 aromatic rings. The molecule has 0 saturated carbocycles. The quantitative estimate of drug-likeness (QED) is 0.656. The maximum atomic E-state index is 9.21. The van der Waals surface area contributed by atoms with Gasteiger partial charge in [-0.25, -0.2) is 4.98 Å². The molecule has 124 valence electrons. The van der Waals surface area contributed by atoms with E-state index in [1.807, 2.05) is 12.1 Å². The number of nitrogens with two attached hydrogens (primary N) is 1. The fraction of sp³-hybridized carbons (Fsp3) is 0.471. The summed E-state index contributed by atoms with van der Waals surface area (Å²) in [6.07, 6.45) is 9.82. The lowest BCUT2D eigenvalue weighted by molar-refractivity contribution is 0.276. The molecule has 0 radical (unpaired) electrons. The van der Waals surface area contributed by atoms with Crippen molar-refractivity contribution in [1.82, 2.24) is 15.0 Å². The molecule has 0 bridgehead atoms. The molecule has 1 unspecified atom stereocenters. The van der Waals surface area contributed by atoms with E-state index in [-0.39, 0.29) is 18.6 Å². The molecule has 1 atom stereocenters. The minimum absolute atomic E-state index is 0.157. The van der Waals surface area contributed by atoms with Crippen LogP contribution in [0.4, 0.5) is 11.8 Å². The van der Waals surface area contributed by atoms with Gasteiger partial charge in [0.2, 0.25) is 5.95 Å². The van der Waals surface area contributed by atoms with Crippen molar-refractivity contribution in [1.29, 1.82) is 0 Å². The van der Waals surface area contributed by atoms with Gasteiger partial charge in [0.1, 0.15) is 5.82 Å². The Morgan fingerprint density at radius 1 is 1.22 bits per heavy atom. The third-order valence-electron chi connectivity index (χ3n) is 3.77. The lowest BCUT2D eigenvalue weighted by atomic mass is 10.1. The predicted molar refractivity (Wildman–Crippen MR) is 92.1 cm³/mol. The molecule has 0 spiro atoms. The third kappa shape index (κ3) is 5.49. The zero-order valence-corrected chi connectivity index (χ0v) is 13.6. The first-order valence-corrected chi connectivity index (χ1v) is 8.10. The highest BCUT2D eigenvalue weighted by molar-refractivity contribution is 5.47. The van der Waals surface area contributed by atoms with Gasteiger partial charge in [-0.05, 0) is 43.4 Å². The topological polar surface area (TPSA) is 97.0 Å². The Hall–Kier alpha value is -2.21. The van der Waals surface area contributed by atoms with Crippen molar-refractivity contribution in [2.75, 3.05) is 17.7 Å². The molecule has 2 aromatic heterocycles. The molecular formula is C17H25N5O. The maximum Gasteiger partial charge on any atom is 0.221 e. The van der Waals surface area contributed by atoms with E-state index in [1.165, 1.54) is 5.56 Å². The van der Waals surface area contributed by atoms with Crippen molar-refractivity contribution < 1.29 is 5.11 Å². The summed E-state index contributed by atoms with van der Waals surface area (Å²) < 4.78 is 0. The maximum absolute atomic E-state index is 9.21. The molecule has 0 aliphatic carbocycles. The van der Waals surface area contributed by atoms with E-state index >= 15 is 0 Å². The molecule has 0 aliphatic rings. The summed E-state index contributed by atoms with van der Waals surface area (Å²) in [4.78, 5) is 12.5. The molecule has 0 amide bonds. The number of nitrogen functional groups attached to an aromatic ring is 1. The van der Waals surface area contributed by atoms with Crippen LogP contribution in [0.3, 0.4) is 0 Å². The van der Waals surface area contributed by atoms with Gasteiger partial charge in [0.05, 0.1) is 0 Å². The van der Waals surface area contributed by atoms with Crippen LogP contribution in [-0.2, 0) is 12.8 Å². The molecule has 23 heavy (non-hydrogen) atoms. The first kappa shape index (κ1) is 17.1. The highest BCUT2D eigenvalue weighted by atomic mass is 16.3. The summed E-state index contributed by atoms with van der Waals surface area (Å²) in [6.45, 7) is 2.29. The van der Waals surface area contributed by atoms with E-state index in [4.69, 9.17) is 5.73 Å². The van der Waals surface area contributed by atoms with Crippen LogP contribution in [0.5, 0.6) is 0 Å². The Morgan fingerprint density at radius 3 is 2.70 bits per heavy atom. The highest BCUT2D eigenvalue weighted by Gasteiger charge is 2.12. The van der Waals surface area contributed by atoms with Crippen LogP contribution in [0.15, 0.2) is 30.7 Å². The molecule has 6 heteroatoms. The van der Waals surface area contributed by atoms with E-state index in [0.29, 0.717) is 6.42 Å². The molecule has 0 saturated heterocycles. The van der Waals surface area contributed by atoms with E-state index in [2.05, 4.69) is 27.2 Å². The molecule has 0 aromatic carbocycles. The SMILES string of the molecule is CCCC(CCO)Nc1nc(N)ncc1CCc1ccncc1. The Labute approximate surface area is 137 Å². The first-order chi connectivity index (χ1) is 11.2. The number of nitrogens with one attached hydrogen (secondary N) is 1. The van der Waals surface area contributed by atoms with Gasteiger partial charge in [-0.3, -0.25) is 4.98 Å². The zero-order chi connectivity index (χ0) is 16.5. The molecule has 2 heterocycles. The van der Waals surface area contributed by atoms with E-state index in [0.717, 1.165) is 37.1 Å². The lowest BCUT2D eigenvalue weighted by Gasteiger charge is -2.20. The minimum Gasteiger partial charge on any atom is -0.396 e. The Balaban J connectivity index is 2.09. The molecule has 0 aliphatic heterocycles. The fourth-order valence-corrected chi connectivity index (χ4v) is 2.54. The van der Waals surface area contributed by atoms with E-state index in [9.17, 15) is 5.11 Å². The number of anilines is 2. The van der Waals surface area contributed by atoms with Crippen LogP contribution in [0.2, 0.25) is 0 Å². The number of pyridine rings is 1. The average Bonchev–Trinajstić information content (AvgIpc) is 2.55. The molecule has 0 fully saturated rings. The van der Waals surface area contributed by atoms with Crippen LogP contribution in [0.25, 0.3) is 0 Å². The van der Waals surface area contributed by atoms with Crippen LogP contribution in [-0.4, -0.2) is 32.7 Å². The van der Waals surface area contributed by atoms with Crippen molar-refractivity contribution in [3.05, 3.63) is 41.9 Å². The largest absolute Gasteiger partial charge is 0.396 e. The fourth-order valence-electron chi connectivity index (χ4n) is 2.54. The Bertz CT molecular complexity index is 585. The highest BCUT2D eigenvalue weighted by Crippen LogP contribution is 2.18. The summed E-state index contributed by atoms with van der Waals surface area (Å²) in [6, 6.07) is 4.22. The van der Waals surface area contributed by atoms with Crippen LogP contribution >= 0.6 is 0 Å². The number of aromatic nitrogens is 3. The Morgan fingerprint density at radius 2 is 2.00 bits per heavy atom. The van der Waals surface area contributed by atoms with Gasteiger partial charge >= 0.3 is 0 Å². The van der Waals surface area contributed by atoms with Crippen molar-refractivity contribution in [2.24, 2.45) is 0 Å². The zero-order valence-electron chi connectivity index (χ0n) is 13.6.